The van der Waals surface area contributed by atoms with Crippen molar-refractivity contribution >= 4 is 53.0 Å². The molecule has 0 radical (unpaired) electrons. The summed E-state index contributed by atoms with van der Waals surface area (Å²) in [5.74, 6) is -0.468. The van der Waals surface area contributed by atoms with Crippen molar-refractivity contribution in [1.29, 1.82) is 0 Å². The molecule has 2 rings (SSSR count). The van der Waals surface area contributed by atoms with Crippen LogP contribution in [0, 0.1) is 0 Å². The minimum Gasteiger partial charge on any atom is -0.339 e. The lowest BCUT2D eigenvalue weighted by Gasteiger charge is -2.35. The molecule has 0 aromatic carbocycles. The molecule has 1 aliphatic heterocycles. The number of carbonyl (C=O) groups excluding carboxylic acids is 1. The first-order valence-electron chi connectivity index (χ1n) is 7.75. The first kappa shape index (κ1) is 20.8. The first-order valence-corrected chi connectivity index (χ1v) is 12.4. The molecule has 1 unspecified atom stereocenters. The molecule has 0 spiro atoms. The van der Waals surface area contributed by atoms with Gasteiger partial charge in [0.2, 0.25) is 5.91 Å². The number of amides is 1. The lowest BCUT2D eigenvalue weighted by Crippen LogP contribution is -2.53. The molecule has 1 aromatic rings. The van der Waals surface area contributed by atoms with Gasteiger partial charge in [0.15, 0.2) is 9.84 Å². The Kier molecular flexibility index (Phi) is 6.35. The first-order chi connectivity index (χ1) is 11.5. The number of carbonyl (C=O) groups is 1. The fourth-order valence-corrected chi connectivity index (χ4v) is 7.35. The number of nitrogens with zero attached hydrogens (tertiary/aromatic N) is 2. The van der Waals surface area contributed by atoms with Gasteiger partial charge < -0.3 is 4.90 Å². The van der Waals surface area contributed by atoms with E-state index in [1.165, 1.54) is 16.1 Å². The Bertz CT molecular complexity index is 840. The molecule has 1 saturated heterocycles. The van der Waals surface area contributed by atoms with Crippen LogP contribution < -0.4 is 0 Å². The van der Waals surface area contributed by atoms with Crippen molar-refractivity contribution in [3.05, 3.63) is 15.9 Å². The number of sulfonamides is 1. The number of piperazine rings is 1. The van der Waals surface area contributed by atoms with Crippen molar-refractivity contribution in [3.8, 4) is 0 Å². The highest BCUT2D eigenvalue weighted by atomic mass is 79.9. The summed E-state index contributed by atoms with van der Waals surface area (Å²) < 4.78 is 51.8. The van der Waals surface area contributed by atoms with Crippen LogP contribution in [0.5, 0.6) is 0 Å². The van der Waals surface area contributed by atoms with E-state index in [1.807, 2.05) is 0 Å². The molecule has 11 heteroatoms. The van der Waals surface area contributed by atoms with Crippen LogP contribution in [0.15, 0.2) is 20.1 Å². The fraction of sp³-hybridized carbons (Fsp3) is 0.643. The van der Waals surface area contributed by atoms with Gasteiger partial charge in [-0.2, -0.15) is 4.31 Å². The second-order valence-electron chi connectivity index (χ2n) is 6.07. The standard InChI is InChI=1S/C14H21BrN2O5S3/c1-10(2)24(19,20)11(3)14(18)16-6-8-17(9-7-16)25(21,22)13-5-4-12(15)23-13/h4-5,10-11H,6-9H2,1-3H3. The third-order valence-corrected chi connectivity index (χ3v) is 10.7. The Morgan fingerprint density at radius 3 is 2.08 bits per heavy atom. The van der Waals surface area contributed by atoms with E-state index in [1.54, 1.807) is 26.0 Å². The molecule has 0 N–H and O–H groups in total. The summed E-state index contributed by atoms with van der Waals surface area (Å²) in [7, 11) is -7.12. The zero-order valence-electron chi connectivity index (χ0n) is 14.2. The van der Waals surface area contributed by atoms with Crippen molar-refractivity contribution < 1.29 is 21.6 Å². The highest BCUT2D eigenvalue weighted by molar-refractivity contribution is 9.11. The van der Waals surface area contributed by atoms with E-state index in [0.29, 0.717) is 0 Å². The van der Waals surface area contributed by atoms with Gasteiger partial charge >= 0.3 is 0 Å². The smallest absolute Gasteiger partial charge is 0.252 e. The number of hydrogen-bond acceptors (Lipinski definition) is 6. The molecule has 0 aliphatic carbocycles. The van der Waals surface area contributed by atoms with Crippen molar-refractivity contribution in [2.45, 2.75) is 35.5 Å². The summed E-state index contributed by atoms with van der Waals surface area (Å²) in [6.45, 7) is 5.15. The van der Waals surface area contributed by atoms with E-state index in [9.17, 15) is 21.6 Å². The van der Waals surface area contributed by atoms with E-state index in [0.717, 1.165) is 15.1 Å². The van der Waals surface area contributed by atoms with Crippen molar-refractivity contribution in [2.24, 2.45) is 0 Å². The fourth-order valence-electron chi connectivity index (χ4n) is 2.52. The van der Waals surface area contributed by atoms with Crippen molar-refractivity contribution in [2.75, 3.05) is 26.2 Å². The van der Waals surface area contributed by atoms with Gasteiger partial charge in [-0.15, -0.1) is 11.3 Å². The largest absolute Gasteiger partial charge is 0.339 e. The Labute approximate surface area is 161 Å². The number of sulfone groups is 1. The Hall–Kier alpha value is -0.490. The minimum absolute atomic E-state index is 0.151. The normalized spacial score (nSPS) is 18.5. The lowest BCUT2D eigenvalue weighted by atomic mass is 10.3. The molecule has 25 heavy (non-hydrogen) atoms. The molecule has 0 bridgehead atoms. The van der Waals surface area contributed by atoms with Crippen LogP contribution in [0.3, 0.4) is 0 Å². The van der Waals surface area contributed by atoms with Gasteiger partial charge in [-0.3, -0.25) is 4.79 Å². The zero-order valence-corrected chi connectivity index (χ0v) is 18.2. The monoisotopic (exact) mass is 472 g/mol. The van der Waals surface area contributed by atoms with E-state index in [4.69, 9.17) is 0 Å². The molecule has 1 atom stereocenters. The van der Waals surface area contributed by atoms with Crippen LogP contribution in [-0.4, -0.2) is 68.6 Å². The number of halogens is 1. The maximum absolute atomic E-state index is 12.6. The molecule has 142 valence electrons. The van der Waals surface area contributed by atoms with E-state index >= 15 is 0 Å². The average Bonchev–Trinajstić information content (AvgIpc) is 3.00. The zero-order chi connectivity index (χ0) is 19.0. The third kappa shape index (κ3) is 4.26. The molecular formula is C14H21BrN2O5S3. The molecule has 2 heterocycles. The Morgan fingerprint density at radius 2 is 1.64 bits per heavy atom. The van der Waals surface area contributed by atoms with Crippen LogP contribution in [0.1, 0.15) is 20.8 Å². The van der Waals surface area contributed by atoms with Crippen LogP contribution in [0.2, 0.25) is 0 Å². The van der Waals surface area contributed by atoms with Crippen LogP contribution in [-0.2, 0) is 24.7 Å². The Balaban J connectivity index is 2.06. The minimum atomic E-state index is -3.59. The molecule has 7 nitrogen and oxygen atoms in total. The molecule has 1 aromatic heterocycles. The van der Waals surface area contributed by atoms with Crippen molar-refractivity contribution in [3.63, 3.8) is 0 Å². The number of hydrogen-bond donors (Lipinski definition) is 0. The second kappa shape index (κ2) is 7.63. The lowest BCUT2D eigenvalue weighted by molar-refractivity contribution is -0.131. The Morgan fingerprint density at radius 1 is 1.08 bits per heavy atom. The maximum atomic E-state index is 12.6. The highest BCUT2D eigenvalue weighted by Gasteiger charge is 2.37. The van der Waals surface area contributed by atoms with Crippen LogP contribution in [0.25, 0.3) is 0 Å². The quantitative estimate of drug-likeness (QED) is 0.647. The van der Waals surface area contributed by atoms with Gasteiger partial charge in [0.05, 0.1) is 9.04 Å². The highest BCUT2D eigenvalue weighted by Crippen LogP contribution is 2.29. The van der Waals surface area contributed by atoms with E-state index < -0.39 is 36.3 Å². The van der Waals surface area contributed by atoms with Crippen LogP contribution in [0.4, 0.5) is 0 Å². The van der Waals surface area contributed by atoms with Gasteiger partial charge in [-0.25, -0.2) is 16.8 Å². The van der Waals surface area contributed by atoms with E-state index in [2.05, 4.69) is 15.9 Å². The topological polar surface area (TPSA) is 91.8 Å². The average molecular weight is 473 g/mol. The van der Waals surface area contributed by atoms with Gasteiger partial charge in [-0.1, -0.05) is 0 Å². The molecule has 1 aliphatic rings. The van der Waals surface area contributed by atoms with Crippen LogP contribution >= 0.6 is 27.3 Å². The summed E-state index contributed by atoms with van der Waals surface area (Å²) in [6, 6.07) is 3.22. The number of thiophene rings is 1. The second-order valence-corrected chi connectivity index (χ2v) is 13.5. The summed E-state index contributed by atoms with van der Waals surface area (Å²) in [5.41, 5.74) is 0. The molecule has 1 amide bonds. The predicted octanol–water partition coefficient (Wildman–Crippen LogP) is 1.56. The number of rotatable bonds is 5. The molecular weight excluding hydrogens is 452 g/mol. The summed E-state index contributed by atoms with van der Waals surface area (Å²) in [6.07, 6.45) is 0. The summed E-state index contributed by atoms with van der Waals surface area (Å²) >= 11 is 4.38. The van der Waals surface area contributed by atoms with Gasteiger partial charge in [-0.05, 0) is 48.8 Å². The summed E-state index contributed by atoms with van der Waals surface area (Å²) in [5, 5.41) is -1.76. The molecule has 0 saturated carbocycles. The van der Waals surface area contributed by atoms with E-state index in [-0.39, 0.29) is 30.4 Å². The third-order valence-electron chi connectivity index (χ3n) is 4.19. The maximum Gasteiger partial charge on any atom is 0.252 e. The van der Waals surface area contributed by atoms with Crippen molar-refractivity contribution in [1.82, 2.24) is 9.21 Å². The molecule has 1 fully saturated rings. The van der Waals surface area contributed by atoms with Gasteiger partial charge in [0.25, 0.3) is 10.0 Å². The van der Waals surface area contributed by atoms with Gasteiger partial charge in [0.1, 0.15) is 9.46 Å². The SMILES string of the molecule is CC(C)S(=O)(=O)C(C)C(=O)N1CCN(S(=O)(=O)c2ccc(Br)s2)CC1. The predicted molar refractivity (Wildman–Crippen MR) is 101 cm³/mol. The summed E-state index contributed by atoms with van der Waals surface area (Å²) in [4.78, 5) is 13.9. The van der Waals surface area contributed by atoms with Gasteiger partial charge in [0, 0.05) is 26.2 Å².